The van der Waals surface area contributed by atoms with Gasteiger partial charge in [-0.2, -0.15) is 0 Å². The minimum absolute atomic E-state index is 0.167. The van der Waals surface area contributed by atoms with Crippen LogP contribution in [0.4, 0.5) is 10.1 Å². The first-order chi connectivity index (χ1) is 7.54. The second kappa shape index (κ2) is 6.33. The fourth-order valence-corrected chi connectivity index (χ4v) is 1.86. The van der Waals surface area contributed by atoms with Gasteiger partial charge in [0.1, 0.15) is 4.49 Å². The van der Waals surface area contributed by atoms with Crippen molar-refractivity contribution in [2.24, 2.45) is 0 Å². The van der Waals surface area contributed by atoms with Crippen molar-refractivity contribution in [3.8, 4) is 5.75 Å². The summed E-state index contributed by atoms with van der Waals surface area (Å²) < 4.78 is 19.0. The molecule has 0 spiro atoms. The minimum atomic E-state index is -0.444. The van der Waals surface area contributed by atoms with Gasteiger partial charge in [0.15, 0.2) is 11.6 Å². The number of hydrogen-bond donors (Lipinski definition) is 1. The molecule has 0 radical (unpaired) electrons. The number of ether oxygens (including phenoxy) is 1. The molecule has 0 amide bonds. The van der Waals surface area contributed by atoms with Crippen LogP contribution in [0.2, 0.25) is 0 Å². The van der Waals surface area contributed by atoms with Gasteiger partial charge in [-0.05, 0) is 28.1 Å². The van der Waals surface area contributed by atoms with E-state index in [0.29, 0.717) is 16.7 Å². The largest absolute Gasteiger partial charge is 0.492 e. The van der Waals surface area contributed by atoms with E-state index < -0.39 is 5.82 Å². The Morgan fingerprint density at radius 2 is 2.25 bits per heavy atom. The number of nitrogens with one attached hydrogen (secondary N) is 1. The topological polar surface area (TPSA) is 21.3 Å². The molecule has 1 aromatic rings. The monoisotopic (exact) mass is 327 g/mol. The molecule has 0 aliphatic carbocycles. The summed E-state index contributed by atoms with van der Waals surface area (Å²) >= 11 is 14.1. The van der Waals surface area contributed by atoms with Crippen LogP contribution < -0.4 is 10.1 Å². The van der Waals surface area contributed by atoms with E-state index in [1.165, 1.54) is 13.2 Å². The molecule has 0 bridgehead atoms. The Labute approximate surface area is 112 Å². The Bertz CT molecular complexity index is 385. The molecule has 0 fully saturated rings. The SMILES string of the molecule is COc1c(F)cc(NCC=C(Cl)Cl)cc1Br. The van der Waals surface area contributed by atoms with E-state index in [9.17, 15) is 4.39 Å². The van der Waals surface area contributed by atoms with Crippen molar-refractivity contribution < 1.29 is 9.13 Å². The van der Waals surface area contributed by atoms with Crippen LogP contribution in [0.5, 0.6) is 5.75 Å². The van der Waals surface area contributed by atoms with Crippen LogP contribution in [0.1, 0.15) is 0 Å². The third kappa shape index (κ3) is 3.85. The molecular weight excluding hydrogens is 320 g/mol. The Kier molecular flexibility index (Phi) is 5.38. The average Bonchev–Trinajstić information content (AvgIpc) is 2.16. The van der Waals surface area contributed by atoms with Gasteiger partial charge >= 0.3 is 0 Å². The summed E-state index contributed by atoms with van der Waals surface area (Å²) in [5.74, 6) is -0.267. The summed E-state index contributed by atoms with van der Waals surface area (Å²) in [7, 11) is 1.41. The van der Waals surface area contributed by atoms with Crippen molar-refractivity contribution >= 4 is 44.8 Å². The van der Waals surface area contributed by atoms with Crippen molar-refractivity contribution in [3.05, 3.63) is 33.0 Å². The standard InChI is InChI=1S/C10H9BrCl2FNO/c1-16-10-7(11)4-6(5-8(10)14)15-3-2-9(12)13/h2,4-5,15H,3H2,1H3. The molecule has 2 nitrogen and oxygen atoms in total. The van der Waals surface area contributed by atoms with Gasteiger partial charge in [-0.3, -0.25) is 0 Å². The van der Waals surface area contributed by atoms with Crippen LogP contribution in [0.3, 0.4) is 0 Å². The first kappa shape index (κ1) is 13.6. The molecule has 0 aliphatic rings. The summed E-state index contributed by atoms with van der Waals surface area (Å²) in [5, 5.41) is 2.94. The lowest BCUT2D eigenvalue weighted by atomic mass is 10.3. The molecule has 16 heavy (non-hydrogen) atoms. The Hall–Kier alpha value is -0.450. The van der Waals surface area contributed by atoms with Crippen LogP contribution in [0.25, 0.3) is 0 Å². The molecule has 0 saturated carbocycles. The molecule has 0 atom stereocenters. The van der Waals surface area contributed by atoms with Crippen LogP contribution in [0, 0.1) is 5.82 Å². The number of benzene rings is 1. The van der Waals surface area contributed by atoms with Gasteiger partial charge in [0.05, 0.1) is 11.6 Å². The molecule has 6 heteroatoms. The maximum absolute atomic E-state index is 13.4. The van der Waals surface area contributed by atoms with Gasteiger partial charge in [0.25, 0.3) is 0 Å². The van der Waals surface area contributed by atoms with Crippen molar-refractivity contribution in [2.45, 2.75) is 0 Å². The van der Waals surface area contributed by atoms with Crippen LogP contribution in [-0.2, 0) is 0 Å². The molecule has 1 rings (SSSR count). The van der Waals surface area contributed by atoms with Crippen LogP contribution >= 0.6 is 39.1 Å². The second-order valence-corrected chi connectivity index (χ2v) is 4.71. The maximum atomic E-state index is 13.4. The highest BCUT2D eigenvalue weighted by molar-refractivity contribution is 9.10. The van der Waals surface area contributed by atoms with Gasteiger partial charge in [0, 0.05) is 18.3 Å². The van der Waals surface area contributed by atoms with E-state index in [1.807, 2.05) is 0 Å². The maximum Gasteiger partial charge on any atom is 0.168 e. The van der Waals surface area contributed by atoms with E-state index >= 15 is 0 Å². The first-order valence-corrected chi connectivity index (χ1v) is 5.87. The number of hydrogen-bond acceptors (Lipinski definition) is 2. The highest BCUT2D eigenvalue weighted by atomic mass is 79.9. The molecule has 1 aromatic carbocycles. The first-order valence-electron chi connectivity index (χ1n) is 4.32. The van der Waals surface area contributed by atoms with E-state index in [2.05, 4.69) is 21.2 Å². The summed E-state index contributed by atoms with van der Waals surface area (Å²) in [5.41, 5.74) is 0.607. The number of halogens is 4. The highest BCUT2D eigenvalue weighted by Crippen LogP contribution is 2.31. The van der Waals surface area contributed by atoms with Crippen molar-refractivity contribution in [1.29, 1.82) is 0 Å². The quantitative estimate of drug-likeness (QED) is 0.888. The molecule has 88 valence electrons. The molecule has 0 aromatic heterocycles. The summed E-state index contributed by atoms with van der Waals surface area (Å²) in [6.07, 6.45) is 1.57. The van der Waals surface area contributed by atoms with Gasteiger partial charge in [0.2, 0.25) is 0 Å². The second-order valence-electron chi connectivity index (χ2n) is 2.85. The Balaban J connectivity index is 2.80. The van der Waals surface area contributed by atoms with Crippen molar-refractivity contribution in [3.63, 3.8) is 0 Å². The molecule has 1 N–H and O–H groups in total. The lowest BCUT2D eigenvalue weighted by Crippen LogP contribution is -2.00. The van der Waals surface area contributed by atoms with E-state index in [1.54, 1.807) is 12.1 Å². The van der Waals surface area contributed by atoms with E-state index in [-0.39, 0.29) is 10.2 Å². The smallest absolute Gasteiger partial charge is 0.168 e. The predicted octanol–water partition coefficient (Wildman–Crippen LogP) is 4.33. The van der Waals surface area contributed by atoms with Gasteiger partial charge < -0.3 is 10.1 Å². The van der Waals surface area contributed by atoms with Crippen LogP contribution in [0.15, 0.2) is 27.2 Å². The zero-order valence-electron chi connectivity index (χ0n) is 8.36. The Morgan fingerprint density at radius 3 is 2.75 bits per heavy atom. The average molecular weight is 329 g/mol. The Morgan fingerprint density at radius 1 is 1.56 bits per heavy atom. The molecular formula is C10H9BrCl2FNO. The van der Waals surface area contributed by atoms with Crippen molar-refractivity contribution in [2.75, 3.05) is 19.0 Å². The molecule has 0 aliphatic heterocycles. The highest BCUT2D eigenvalue weighted by Gasteiger charge is 2.08. The zero-order valence-corrected chi connectivity index (χ0v) is 11.5. The number of rotatable bonds is 4. The lowest BCUT2D eigenvalue weighted by Gasteiger charge is -2.08. The predicted molar refractivity (Wildman–Crippen MR) is 68.9 cm³/mol. The van der Waals surface area contributed by atoms with Gasteiger partial charge in [-0.1, -0.05) is 23.2 Å². The van der Waals surface area contributed by atoms with Crippen LogP contribution in [-0.4, -0.2) is 13.7 Å². The zero-order chi connectivity index (χ0) is 12.1. The van der Waals surface area contributed by atoms with E-state index in [0.717, 1.165) is 0 Å². The lowest BCUT2D eigenvalue weighted by molar-refractivity contribution is 0.384. The minimum Gasteiger partial charge on any atom is -0.492 e. The van der Waals surface area contributed by atoms with E-state index in [4.69, 9.17) is 27.9 Å². The fraction of sp³-hybridized carbons (Fsp3) is 0.200. The van der Waals surface area contributed by atoms with Crippen molar-refractivity contribution in [1.82, 2.24) is 0 Å². The molecule has 0 saturated heterocycles. The number of methoxy groups -OCH3 is 1. The van der Waals surface area contributed by atoms with Gasteiger partial charge in [-0.15, -0.1) is 0 Å². The summed E-state index contributed by atoms with van der Waals surface area (Å²) in [4.78, 5) is 0. The number of anilines is 1. The molecule has 0 heterocycles. The fourth-order valence-electron chi connectivity index (χ4n) is 1.10. The molecule has 0 unspecified atom stereocenters. The third-order valence-electron chi connectivity index (χ3n) is 1.76. The van der Waals surface area contributed by atoms with Gasteiger partial charge in [-0.25, -0.2) is 4.39 Å². The normalized spacial score (nSPS) is 9.81. The summed E-state index contributed by atoms with van der Waals surface area (Å²) in [6, 6.07) is 3.04. The third-order valence-corrected chi connectivity index (χ3v) is 2.66. The summed E-state index contributed by atoms with van der Waals surface area (Å²) in [6.45, 7) is 0.417.